The molecule has 4 rings (SSSR count). The van der Waals surface area contributed by atoms with Gasteiger partial charge in [0.2, 0.25) is 0 Å². The fraction of sp³-hybridized carbons (Fsp3) is 0.400. The van der Waals surface area contributed by atoms with Gasteiger partial charge in [-0.15, -0.1) is 4.68 Å². The van der Waals surface area contributed by atoms with E-state index in [4.69, 9.17) is 19.2 Å². The second kappa shape index (κ2) is 9.29. The number of rotatable bonds is 3. The number of nitrogens with zero attached hydrogens (tertiary/aromatic N) is 5. The van der Waals surface area contributed by atoms with E-state index in [2.05, 4.69) is 26.0 Å². The van der Waals surface area contributed by atoms with Crippen molar-refractivity contribution >= 4 is 50.2 Å². The Morgan fingerprint density at radius 1 is 1.03 bits per heavy atom. The summed E-state index contributed by atoms with van der Waals surface area (Å²) in [6.07, 6.45) is 0.230. The van der Waals surface area contributed by atoms with E-state index in [9.17, 15) is 9.59 Å². The highest BCUT2D eigenvalue weighted by Gasteiger charge is 2.30. The van der Waals surface area contributed by atoms with Gasteiger partial charge in [0, 0.05) is 23.3 Å². The van der Waals surface area contributed by atoms with Crippen LogP contribution in [0.4, 0.5) is 9.59 Å². The molecule has 0 atom stereocenters. The summed E-state index contributed by atoms with van der Waals surface area (Å²) < 4.78 is 19.7. The van der Waals surface area contributed by atoms with Gasteiger partial charge in [0.05, 0.1) is 23.0 Å². The Kier molecular flexibility index (Phi) is 6.65. The molecular formula is C25H28BrN5O5. The van der Waals surface area contributed by atoms with E-state index in [-0.39, 0.29) is 17.2 Å². The first kappa shape index (κ1) is 25.8. The molecule has 4 aromatic rings. The molecule has 0 spiro atoms. The number of aromatic nitrogens is 5. The molecule has 190 valence electrons. The number of carbonyl (C=O) groups excluding carboxylic acids is 2. The zero-order valence-corrected chi connectivity index (χ0v) is 22.8. The van der Waals surface area contributed by atoms with Crippen molar-refractivity contribution in [2.75, 3.05) is 7.11 Å². The van der Waals surface area contributed by atoms with Crippen LogP contribution in [0, 0.1) is 0 Å². The van der Waals surface area contributed by atoms with Crippen molar-refractivity contribution in [2.24, 2.45) is 0 Å². The van der Waals surface area contributed by atoms with Crippen LogP contribution in [0.1, 0.15) is 47.1 Å². The second-order valence-corrected chi connectivity index (χ2v) is 11.2. The Balaban J connectivity index is 2.03. The number of imidazole rings is 1. The van der Waals surface area contributed by atoms with Gasteiger partial charge in [-0.05, 0) is 69.6 Å². The maximum absolute atomic E-state index is 13.4. The first-order chi connectivity index (χ1) is 16.8. The molecule has 0 aliphatic rings. The second-order valence-electron chi connectivity index (χ2n) is 10.2. The van der Waals surface area contributed by atoms with Gasteiger partial charge in [-0.2, -0.15) is 5.10 Å². The smallest absolute Gasteiger partial charge is 0.437 e. The van der Waals surface area contributed by atoms with Crippen LogP contribution in [0.2, 0.25) is 0 Å². The molecule has 3 heterocycles. The van der Waals surface area contributed by atoms with Gasteiger partial charge in [0.1, 0.15) is 16.9 Å². The predicted octanol–water partition coefficient (Wildman–Crippen LogP) is 5.92. The Hall–Kier alpha value is -3.31. The lowest BCUT2D eigenvalue weighted by molar-refractivity contribution is 0.0519. The number of halogens is 1. The normalized spacial score (nSPS) is 12.3. The predicted molar refractivity (Wildman–Crippen MR) is 138 cm³/mol. The summed E-state index contributed by atoms with van der Waals surface area (Å²) in [5, 5.41) is 5.04. The van der Waals surface area contributed by atoms with E-state index in [0.717, 1.165) is 10.2 Å². The zero-order chi connectivity index (χ0) is 26.4. The average Bonchev–Trinajstić information content (AvgIpc) is 3.30. The number of para-hydroxylation sites is 1. The maximum Gasteiger partial charge on any atom is 0.437 e. The number of benzene rings is 1. The van der Waals surface area contributed by atoms with Gasteiger partial charge >= 0.3 is 12.2 Å². The molecular weight excluding hydrogens is 530 g/mol. The Morgan fingerprint density at radius 2 is 1.69 bits per heavy atom. The van der Waals surface area contributed by atoms with E-state index in [1.807, 2.05) is 12.1 Å². The number of methoxy groups -OCH3 is 1. The lowest BCUT2D eigenvalue weighted by Gasteiger charge is -2.20. The molecule has 36 heavy (non-hydrogen) atoms. The molecule has 0 unspecified atom stereocenters. The fourth-order valence-corrected chi connectivity index (χ4v) is 3.99. The lowest BCUT2D eigenvalue weighted by Crippen LogP contribution is -2.28. The molecule has 0 aliphatic heterocycles. The minimum atomic E-state index is -0.752. The number of carbonyl (C=O) groups is 2. The van der Waals surface area contributed by atoms with Crippen LogP contribution in [0.25, 0.3) is 33.6 Å². The van der Waals surface area contributed by atoms with Gasteiger partial charge in [0.25, 0.3) is 0 Å². The molecule has 0 saturated carbocycles. The minimum absolute atomic E-state index is 0.204. The van der Waals surface area contributed by atoms with Gasteiger partial charge < -0.3 is 14.2 Å². The maximum atomic E-state index is 13.4. The van der Waals surface area contributed by atoms with E-state index in [1.165, 1.54) is 4.57 Å². The SMILES string of the molecule is COCc1cccc2c1nc(-c1nn(C(=O)OC(C)(C)C)c3ncc(Br)cc13)n2C(=O)OC(C)(C)C. The van der Waals surface area contributed by atoms with Crippen molar-refractivity contribution in [1.82, 2.24) is 24.3 Å². The highest BCUT2D eigenvalue weighted by atomic mass is 79.9. The summed E-state index contributed by atoms with van der Waals surface area (Å²) in [6.45, 7) is 10.9. The summed E-state index contributed by atoms with van der Waals surface area (Å²) in [5.41, 5.74) is 0.910. The molecule has 0 radical (unpaired) electrons. The first-order valence-corrected chi connectivity index (χ1v) is 12.1. The summed E-state index contributed by atoms with van der Waals surface area (Å²) in [6, 6.07) is 7.23. The molecule has 1 aromatic carbocycles. The van der Waals surface area contributed by atoms with Crippen LogP contribution in [0.5, 0.6) is 0 Å². The van der Waals surface area contributed by atoms with E-state index in [0.29, 0.717) is 27.5 Å². The van der Waals surface area contributed by atoms with Crippen LogP contribution in [0.3, 0.4) is 0 Å². The molecule has 0 bridgehead atoms. The van der Waals surface area contributed by atoms with Crippen molar-refractivity contribution in [3.05, 3.63) is 40.5 Å². The summed E-state index contributed by atoms with van der Waals surface area (Å²) in [7, 11) is 1.59. The molecule has 0 aliphatic carbocycles. The van der Waals surface area contributed by atoms with Crippen molar-refractivity contribution in [2.45, 2.75) is 59.4 Å². The van der Waals surface area contributed by atoms with Gasteiger partial charge in [-0.25, -0.2) is 24.1 Å². The zero-order valence-electron chi connectivity index (χ0n) is 21.2. The number of hydrogen-bond donors (Lipinski definition) is 0. The molecule has 11 heteroatoms. The van der Waals surface area contributed by atoms with Gasteiger partial charge in [-0.1, -0.05) is 12.1 Å². The largest absolute Gasteiger partial charge is 0.443 e. The minimum Gasteiger partial charge on any atom is -0.443 e. The Bertz CT molecular complexity index is 1480. The molecule has 3 aromatic heterocycles. The summed E-state index contributed by atoms with van der Waals surface area (Å²) in [5.74, 6) is 0.204. The first-order valence-electron chi connectivity index (χ1n) is 11.3. The molecule has 10 nitrogen and oxygen atoms in total. The van der Waals surface area contributed by atoms with Crippen LogP contribution in [-0.4, -0.2) is 54.8 Å². The van der Waals surface area contributed by atoms with Crippen molar-refractivity contribution in [3.63, 3.8) is 0 Å². The molecule has 0 saturated heterocycles. The number of pyridine rings is 1. The van der Waals surface area contributed by atoms with E-state index >= 15 is 0 Å². The van der Waals surface area contributed by atoms with Gasteiger partial charge in [0.15, 0.2) is 11.5 Å². The van der Waals surface area contributed by atoms with Crippen LogP contribution < -0.4 is 0 Å². The Morgan fingerprint density at radius 3 is 2.33 bits per heavy atom. The van der Waals surface area contributed by atoms with Crippen LogP contribution in [0.15, 0.2) is 34.9 Å². The quantitative estimate of drug-likeness (QED) is 0.305. The molecule has 0 N–H and O–H groups in total. The highest BCUT2D eigenvalue weighted by Crippen LogP contribution is 2.33. The monoisotopic (exact) mass is 557 g/mol. The topological polar surface area (TPSA) is 110 Å². The van der Waals surface area contributed by atoms with E-state index in [1.54, 1.807) is 67.0 Å². The third-order valence-corrected chi connectivity index (χ3v) is 5.35. The number of fused-ring (bicyclic) bond motifs is 2. The highest BCUT2D eigenvalue weighted by molar-refractivity contribution is 9.10. The standard InChI is InChI=1S/C25H28BrN5O5/c1-24(2,3)35-22(32)30-17-10-8-9-14(13-34-7)18(17)28-21(30)19-16-11-15(26)12-27-20(16)31(29-19)23(33)36-25(4,5)6/h8-12H,13H2,1-7H3. The number of ether oxygens (including phenoxy) is 3. The van der Waals surface area contributed by atoms with Crippen LogP contribution >= 0.6 is 15.9 Å². The third kappa shape index (κ3) is 5.12. The third-order valence-electron chi connectivity index (χ3n) is 4.91. The summed E-state index contributed by atoms with van der Waals surface area (Å²) in [4.78, 5) is 35.6. The summed E-state index contributed by atoms with van der Waals surface area (Å²) >= 11 is 3.44. The average molecular weight is 558 g/mol. The van der Waals surface area contributed by atoms with Crippen molar-refractivity contribution in [3.8, 4) is 11.5 Å². The Labute approximate surface area is 216 Å². The fourth-order valence-electron chi connectivity index (χ4n) is 3.65. The number of hydrogen-bond acceptors (Lipinski definition) is 8. The molecule has 0 amide bonds. The van der Waals surface area contributed by atoms with Gasteiger partial charge in [-0.3, -0.25) is 0 Å². The lowest BCUT2D eigenvalue weighted by atomic mass is 10.2. The van der Waals surface area contributed by atoms with Crippen LogP contribution in [-0.2, 0) is 20.8 Å². The van der Waals surface area contributed by atoms with Crippen molar-refractivity contribution in [1.29, 1.82) is 0 Å². The molecule has 0 fully saturated rings. The van der Waals surface area contributed by atoms with Crippen molar-refractivity contribution < 1.29 is 23.8 Å². The van der Waals surface area contributed by atoms with E-state index < -0.39 is 23.4 Å².